The highest BCUT2D eigenvalue weighted by molar-refractivity contribution is 7.17. The highest BCUT2D eigenvalue weighted by atomic mass is 32.1. The minimum absolute atomic E-state index is 0.0343. The topological polar surface area (TPSA) is 72.7 Å². The normalized spacial score (nSPS) is 10.3. The van der Waals surface area contributed by atoms with Crippen LogP contribution >= 0.6 is 11.3 Å². The first-order valence-electron chi connectivity index (χ1n) is 6.67. The van der Waals surface area contributed by atoms with E-state index in [1.54, 1.807) is 7.05 Å². The minimum Gasteiger partial charge on any atom is -0.491 e. The summed E-state index contributed by atoms with van der Waals surface area (Å²) >= 11 is 0.879. The van der Waals surface area contributed by atoms with Gasteiger partial charge in [0.05, 0.1) is 16.3 Å². The molecule has 6 nitrogen and oxygen atoms in total. The van der Waals surface area contributed by atoms with E-state index >= 15 is 0 Å². The molecule has 116 valence electrons. The number of hydrogen-bond acceptors (Lipinski definition) is 5. The number of nitro groups is 1. The second-order valence-corrected chi connectivity index (χ2v) is 5.80. The smallest absolute Gasteiger partial charge is 0.324 e. The van der Waals surface area contributed by atoms with Gasteiger partial charge in [0.25, 0.3) is 5.91 Å². The van der Waals surface area contributed by atoms with Crippen LogP contribution in [0.5, 0.6) is 5.75 Å². The molecule has 0 aliphatic carbocycles. The molecule has 0 N–H and O–H groups in total. The standard InChI is InChI=1S/C15H16N2O4S/c1-11-5-3-4-6-12(11)21-10-9-16(2)15(18)13-7-8-14(22-13)17(19)20/h3-8H,9-10H2,1-2H3. The Bertz CT molecular complexity index is 684. The molecule has 1 aromatic carbocycles. The predicted octanol–water partition coefficient (Wildman–Crippen LogP) is 3.12. The summed E-state index contributed by atoms with van der Waals surface area (Å²) in [4.78, 5) is 24.1. The molecule has 1 amide bonds. The molecule has 22 heavy (non-hydrogen) atoms. The van der Waals surface area contributed by atoms with Gasteiger partial charge in [0.1, 0.15) is 12.4 Å². The molecule has 0 radical (unpaired) electrons. The molecule has 2 rings (SSSR count). The molecule has 0 saturated heterocycles. The van der Waals surface area contributed by atoms with Crippen molar-refractivity contribution < 1.29 is 14.5 Å². The van der Waals surface area contributed by atoms with Crippen molar-refractivity contribution >= 4 is 22.2 Å². The van der Waals surface area contributed by atoms with Crippen molar-refractivity contribution in [2.45, 2.75) is 6.92 Å². The first kappa shape index (κ1) is 16.0. The summed E-state index contributed by atoms with van der Waals surface area (Å²) in [5.74, 6) is 0.543. The second kappa shape index (κ2) is 7.04. The van der Waals surface area contributed by atoms with E-state index in [0.29, 0.717) is 18.0 Å². The van der Waals surface area contributed by atoms with Crippen molar-refractivity contribution in [1.29, 1.82) is 0 Å². The van der Waals surface area contributed by atoms with Crippen molar-refractivity contribution in [2.24, 2.45) is 0 Å². The van der Waals surface area contributed by atoms with Gasteiger partial charge in [-0.3, -0.25) is 14.9 Å². The number of likely N-dealkylation sites (N-methyl/N-ethyl adjacent to an activating group) is 1. The number of hydrogen-bond donors (Lipinski definition) is 0. The maximum Gasteiger partial charge on any atom is 0.324 e. The zero-order valence-corrected chi connectivity index (χ0v) is 13.1. The van der Waals surface area contributed by atoms with Gasteiger partial charge in [-0.2, -0.15) is 0 Å². The van der Waals surface area contributed by atoms with Crippen molar-refractivity contribution in [3.05, 3.63) is 57.0 Å². The maximum absolute atomic E-state index is 12.1. The van der Waals surface area contributed by atoms with Gasteiger partial charge in [-0.25, -0.2) is 0 Å². The fourth-order valence-corrected chi connectivity index (χ4v) is 2.66. The summed E-state index contributed by atoms with van der Waals surface area (Å²) < 4.78 is 5.64. The van der Waals surface area contributed by atoms with Crippen LogP contribution in [0.2, 0.25) is 0 Å². The van der Waals surface area contributed by atoms with Gasteiger partial charge < -0.3 is 9.64 Å². The van der Waals surface area contributed by atoms with E-state index in [1.807, 2.05) is 31.2 Å². The van der Waals surface area contributed by atoms with E-state index in [2.05, 4.69) is 0 Å². The summed E-state index contributed by atoms with van der Waals surface area (Å²) in [6, 6.07) is 10.5. The van der Waals surface area contributed by atoms with E-state index < -0.39 is 4.92 Å². The molecule has 0 unspecified atom stereocenters. The molecule has 7 heteroatoms. The van der Waals surface area contributed by atoms with Crippen LogP contribution < -0.4 is 4.74 Å². The number of carbonyl (C=O) groups is 1. The first-order valence-corrected chi connectivity index (χ1v) is 7.49. The Balaban J connectivity index is 1.88. The monoisotopic (exact) mass is 320 g/mol. The van der Waals surface area contributed by atoms with Gasteiger partial charge in [0.2, 0.25) is 0 Å². The molecule has 0 fully saturated rings. The lowest BCUT2D eigenvalue weighted by atomic mass is 10.2. The van der Waals surface area contributed by atoms with Crippen molar-refractivity contribution in [3.63, 3.8) is 0 Å². The highest BCUT2D eigenvalue weighted by Gasteiger charge is 2.18. The van der Waals surface area contributed by atoms with E-state index in [1.165, 1.54) is 17.0 Å². The largest absolute Gasteiger partial charge is 0.491 e. The number of para-hydroxylation sites is 1. The van der Waals surface area contributed by atoms with Gasteiger partial charge in [-0.15, -0.1) is 0 Å². The van der Waals surface area contributed by atoms with Crippen LogP contribution in [0.15, 0.2) is 36.4 Å². The first-order chi connectivity index (χ1) is 10.5. The van der Waals surface area contributed by atoms with Crippen molar-refractivity contribution in [1.82, 2.24) is 4.90 Å². The molecule has 1 heterocycles. The number of aryl methyl sites for hydroxylation is 1. The molecule has 0 spiro atoms. The van der Waals surface area contributed by atoms with E-state index in [-0.39, 0.29) is 10.9 Å². The zero-order chi connectivity index (χ0) is 16.1. The zero-order valence-electron chi connectivity index (χ0n) is 12.3. The Morgan fingerprint density at radius 3 is 2.68 bits per heavy atom. The number of benzene rings is 1. The predicted molar refractivity (Wildman–Crippen MR) is 84.6 cm³/mol. The quantitative estimate of drug-likeness (QED) is 0.605. The van der Waals surface area contributed by atoms with Crippen LogP contribution in [0.25, 0.3) is 0 Å². The third-order valence-corrected chi connectivity index (χ3v) is 4.13. The Hall–Kier alpha value is -2.41. The highest BCUT2D eigenvalue weighted by Crippen LogP contribution is 2.24. The van der Waals surface area contributed by atoms with Gasteiger partial charge in [-0.1, -0.05) is 29.5 Å². The van der Waals surface area contributed by atoms with Crippen LogP contribution in [0, 0.1) is 17.0 Å². The van der Waals surface area contributed by atoms with E-state index in [4.69, 9.17) is 4.74 Å². The molecule has 0 saturated carbocycles. The molecule has 1 aromatic heterocycles. The van der Waals surface area contributed by atoms with Crippen molar-refractivity contribution in [3.8, 4) is 5.75 Å². The number of ether oxygens (including phenoxy) is 1. The number of nitrogens with zero attached hydrogens (tertiary/aromatic N) is 2. The lowest BCUT2D eigenvalue weighted by molar-refractivity contribution is -0.380. The van der Waals surface area contributed by atoms with Gasteiger partial charge in [0, 0.05) is 13.1 Å². The Kier molecular flexibility index (Phi) is 5.11. The molecule has 0 aliphatic rings. The average molecular weight is 320 g/mol. The summed E-state index contributed by atoms with van der Waals surface area (Å²) in [6.45, 7) is 2.72. The van der Waals surface area contributed by atoms with Crippen LogP contribution in [-0.4, -0.2) is 35.9 Å². The number of thiophene rings is 1. The number of rotatable bonds is 6. The van der Waals surface area contributed by atoms with Crippen LogP contribution in [0.4, 0.5) is 5.00 Å². The summed E-state index contributed by atoms with van der Waals surface area (Å²) in [5.41, 5.74) is 1.03. The lowest BCUT2D eigenvalue weighted by Gasteiger charge is -2.17. The summed E-state index contributed by atoms with van der Waals surface area (Å²) in [5, 5.41) is 10.6. The van der Waals surface area contributed by atoms with E-state index in [9.17, 15) is 14.9 Å². The molecule has 0 atom stereocenters. The van der Waals surface area contributed by atoms with Crippen LogP contribution in [0.3, 0.4) is 0 Å². The fraction of sp³-hybridized carbons (Fsp3) is 0.267. The molecule has 0 aliphatic heterocycles. The lowest BCUT2D eigenvalue weighted by Crippen LogP contribution is -2.30. The Morgan fingerprint density at radius 1 is 1.32 bits per heavy atom. The molecular formula is C15H16N2O4S. The molecular weight excluding hydrogens is 304 g/mol. The van der Waals surface area contributed by atoms with Gasteiger partial charge >= 0.3 is 5.00 Å². The van der Waals surface area contributed by atoms with Crippen LogP contribution in [-0.2, 0) is 0 Å². The Labute approximate surface area is 132 Å². The van der Waals surface area contributed by atoms with Gasteiger partial charge in [-0.05, 0) is 24.6 Å². The summed E-state index contributed by atoms with van der Waals surface area (Å²) in [7, 11) is 1.65. The van der Waals surface area contributed by atoms with E-state index in [0.717, 1.165) is 22.6 Å². The fourth-order valence-electron chi connectivity index (χ4n) is 1.84. The molecule has 2 aromatic rings. The van der Waals surface area contributed by atoms with Crippen LogP contribution in [0.1, 0.15) is 15.2 Å². The number of carbonyl (C=O) groups excluding carboxylic acids is 1. The minimum atomic E-state index is -0.497. The maximum atomic E-state index is 12.1. The number of amides is 1. The Morgan fingerprint density at radius 2 is 2.05 bits per heavy atom. The molecule has 0 bridgehead atoms. The third-order valence-electron chi connectivity index (χ3n) is 3.11. The second-order valence-electron chi connectivity index (χ2n) is 4.74. The van der Waals surface area contributed by atoms with Gasteiger partial charge in [0.15, 0.2) is 0 Å². The third kappa shape index (κ3) is 3.82. The van der Waals surface area contributed by atoms with Crippen molar-refractivity contribution in [2.75, 3.05) is 20.2 Å². The summed E-state index contributed by atoms with van der Waals surface area (Å²) in [6.07, 6.45) is 0. The SMILES string of the molecule is Cc1ccccc1OCCN(C)C(=O)c1ccc([N+](=O)[O-])s1. The average Bonchev–Trinajstić information content (AvgIpc) is 2.98.